The number of amides is 3. The highest BCUT2D eigenvalue weighted by Gasteiger charge is 2.56. The van der Waals surface area contributed by atoms with Gasteiger partial charge in [-0.05, 0) is 115 Å². The number of sulfonamides is 1. The zero-order valence-corrected chi connectivity index (χ0v) is 28.3. The molecule has 2 aromatic carbocycles. The Kier molecular flexibility index (Phi) is 10.5. The number of carbonyl (C=O) groups excluding carboxylic acids is 3. The van der Waals surface area contributed by atoms with E-state index in [0.717, 1.165) is 17.3 Å². The van der Waals surface area contributed by atoms with Crippen LogP contribution in [0.25, 0.3) is 0 Å². The van der Waals surface area contributed by atoms with E-state index in [1.165, 1.54) is 25.3 Å². The van der Waals surface area contributed by atoms with E-state index >= 15 is 0 Å². The first-order chi connectivity index (χ1) is 21.1. The van der Waals surface area contributed by atoms with Crippen LogP contribution in [-0.2, 0) is 29.8 Å². The van der Waals surface area contributed by atoms with E-state index in [4.69, 9.17) is 21.1 Å². The van der Waals surface area contributed by atoms with Crippen molar-refractivity contribution in [3.05, 3.63) is 52.5 Å². The van der Waals surface area contributed by atoms with Crippen molar-refractivity contribution in [2.45, 2.75) is 74.8 Å². The van der Waals surface area contributed by atoms with Crippen molar-refractivity contribution < 1.29 is 32.3 Å². The van der Waals surface area contributed by atoms with Crippen molar-refractivity contribution in [2.75, 3.05) is 45.2 Å². The number of ether oxygens (including phenoxy) is 2. The van der Waals surface area contributed by atoms with E-state index in [-0.39, 0.29) is 46.4 Å². The lowest BCUT2D eigenvalue weighted by Crippen LogP contribution is -2.46. The number of methoxy groups -OCH3 is 1. The molecule has 0 saturated heterocycles. The van der Waals surface area contributed by atoms with Gasteiger partial charge in [-0.25, -0.2) is 12.7 Å². The normalized spacial score (nSPS) is 20.0. The van der Waals surface area contributed by atoms with Gasteiger partial charge in [0.1, 0.15) is 17.3 Å². The molecule has 1 aliphatic heterocycles. The van der Waals surface area contributed by atoms with E-state index in [1.807, 2.05) is 39.8 Å². The van der Waals surface area contributed by atoms with Crippen molar-refractivity contribution in [2.24, 2.45) is 0 Å². The van der Waals surface area contributed by atoms with E-state index in [1.54, 1.807) is 18.2 Å². The molecule has 13 heteroatoms. The number of nitrogens with zero attached hydrogens (tertiary/aromatic N) is 2. The van der Waals surface area contributed by atoms with Crippen molar-refractivity contribution in [3.8, 4) is 5.75 Å². The molecule has 4 rings (SSSR count). The summed E-state index contributed by atoms with van der Waals surface area (Å²) in [5, 5.41) is 6.08. The predicted molar refractivity (Wildman–Crippen MR) is 172 cm³/mol. The number of halogens is 1. The van der Waals surface area contributed by atoms with Gasteiger partial charge in [-0.1, -0.05) is 11.6 Å². The highest BCUT2D eigenvalue weighted by molar-refractivity contribution is 7.93. The van der Waals surface area contributed by atoms with Crippen LogP contribution in [0.2, 0.25) is 5.02 Å². The van der Waals surface area contributed by atoms with Crippen LogP contribution in [0.3, 0.4) is 0 Å². The first-order valence-electron chi connectivity index (χ1n) is 15.0. The molecule has 11 nitrogen and oxygen atoms in total. The fourth-order valence-electron chi connectivity index (χ4n) is 5.86. The molecule has 1 saturated carbocycles. The minimum Gasteiger partial charge on any atom is -0.495 e. The summed E-state index contributed by atoms with van der Waals surface area (Å²) in [6, 6.07) is 8.80. The second kappa shape index (κ2) is 13.7. The van der Waals surface area contributed by atoms with Crippen LogP contribution in [0, 0.1) is 0 Å². The van der Waals surface area contributed by atoms with Gasteiger partial charge in [0, 0.05) is 22.7 Å². The van der Waals surface area contributed by atoms with Crippen LogP contribution in [0.15, 0.2) is 41.3 Å². The third-order valence-corrected chi connectivity index (χ3v) is 10.0. The topological polar surface area (TPSA) is 134 Å². The number of carbonyl (C=O) groups is 3. The smallest absolute Gasteiger partial charge is 0.274 e. The first kappa shape index (κ1) is 34.7. The zero-order chi connectivity index (χ0) is 33.2. The van der Waals surface area contributed by atoms with Gasteiger partial charge >= 0.3 is 0 Å². The number of nitrogens with one attached hydrogen (secondary N) is 2. The minimum absolute atomic E-state index is 0.0575. The molecule has 0 radical (unpaired) electrons. The molecule has 45 heavy (non-hydrogen) atoms. The van der Waals surface area contributed by atoms with Gasteiger partial charge in [-0.15, -0.1) is 0 Å². The lowest BCUT2D eigenvalue weighted by atomic mass is 9.69. The number of rotatable bonds is 11. The van der Waals surface area contributed by atoms with Gasteiger partial charge in [0.15, 0.2) is 0 Å². The van der Waals surface area contributed by atoms with Crippen LogP contribution >= 0.6 is 11.6 Å². The van der Waals surface area contributed by atoms with Crippen LogP contribution in [0.4, 0.5) is 5.69 Å². The zero-order valence-electron chi connectivity index (χ0n) is 26.7. The van der Waals surface area contributed by atoms with E-state index in [0.29, 0.717) is 42.8 Å². The molecule has 1 heterocycles. The molecule has 0 bridgehead atoms. The Labute approximate surface area is 270 Å². The summed E-state index contributed by atoms with van der Waals surface area (Å²) < 4.78 is 40.6. The maximum atomic E-state index is 14.3. The lowest BCUT2D eigenvalue weighted by molar-refractivity contribution is -0.131. The summed E-state index contributed by atoms with van der Waals surface area (Å²) >= 11 is 6.37. The molecular weight excluding hydrogens is 620 g/mol. The maximum absolute atomic E-state index is 14.3. The Morgan fingerprint density at radius 1 is 1.11 bits per heavy atom. The Bertz CT molecular complexity index is 1550. The van der Waals surface area contributed by atoms with Crippen molar-refractivity contribution in [1.82, 2.24) is 15.5 Å². The Morgan fingerprint density at radius 2 is 1.80 bits per heavy atom. The Balaban J connectivity index is 1.54. The summed E-state index contributed by atoms with van der Waals surface area (Å²) in [6.45, 7) is 6.85. The van der Waals surface area contributed by atoms with Crippen molar-refractivity contribution in [1.29, 1.82) is 0 Å². The summed E-state index contributed by atoms with van der Waals surface area (Å²) in [6.07, 6.45) is 2.14. The maximum Gasteiger partial charge on any atom is 0.274 e. The summed E-state index contributed by atoms with van der Waals surface area (Å²) in [5.41, 5.74) is -0.629. The molecule has 1 aliphatic carbocycles. The minimum atomic E-state index is -4.46. The number of hydrogen-bond acceptors (Lipinski definition) is 8. The second-order valence-electron chi connectivity index (χ2n) is 12.9. The largest absolute Gasteiger partial charge is 0.495 e. The second-order valence-corrected chi connectivity index (χ2v) is 15.1. The highest BCUT2D eigenvalue weighted by Crippen LogP contribution is 2.53. The lowest BCUT2D eigenvalue weighted by Gasteiger charge is -2.36. The van der Waals surface area contributed by atoms with E-state index in [9.17, 15) is 22.8 Å². The predicted octanol–water partition coefficient (Wildman–Crippen LogP) is 3.88. The molecule has 246 valence electrons. The van der Waals surface area contributed by atoms with Gasteiger partial charge in [-0.3, -0.25) is 14.4 Å². The van der Waals surface area contributed by atoms with Crippen LogP contribution in [-0.4, -0.2) is 83.6 Å². The monoisotopic (exact) mass is 662 g/mol. The molecule has 0 aromatic heterocycles. The van der Waals surface area contributed by atoms with Crippen molar-refractivity contribution in [3.63, 3.8) is 0 Å². The van der Waals surface area contributed by atoms with Crippen molar-refractivity contribution >= 4 is 45.0 Å². The summed E-state index contributed by atoms with van der Waals surface area (Å²) in [7, 11) is 0.793. The summed E-state index contributed by atoms with van der Waals surface area (Å²) in [5.74, 6) is -1.22. The average molecular weight is 663 g/mol. The highest BCUT2D eigenvalue weighted by atomic mass is 35.5. The van der Waals surface area contributed by atoms with Gasteiger partial charge in [0.2, 0.25) is 5.91 Å². The molecule has 1 spiro atoms. The summed E-state index contributed by atoms with van der Waals surface area (Å²) in [4.78, 5) is 41.1. The Morgan fingerprint density at radius 3 is 2.42 bits per heavy atom. The van der Waals surface area contributed by atoms with E-state index in [2.05, 4.69) is 10.6 Å². The van der Waals surface area contributed by atoms with Crippen LogP contribution < -0.4 is 19.7 Å². The van der Waals surface area contributed by atoms with Gasteiger partial charge < -0.3 is 25.0 Å². The molecule has 2 N–H and O–H groups in total. The van der Waals surface area contributed by atoms with Crippen LogP contribution in [0.1, 0.15) is 68.8 Å². The van der Waals surface area contributed by atoms with E-state index < -0.39 is 26.9 Å². The molecule has 1 fully saturated rings. The molecule has 3 amide bonds. The molecule has 2 aliphatic rings. The third kappa shape index (κ3) is 7.62. The standard InChI is InChI=1S/C32H43ClN4O7S/c1-31(2,3)35-29(39)21-8-11-27(26(18-21)43-6)45(41,42)37-25-10-9-22(33)19-24(25)32(30(37)40)14-12-23(13-15-32)44-20-28(38)34-16-7-17-36(4)5/h8-11,18-19,23H,7,12-17,20H2,1-6H3,(H,34,38)(H,35,39). The number of anilines is 1. The van der Waals surface area contributed by atoms with Gasteiger partial charge in [0.25, 0.3) is 21.8 Å². The fraction of sp³-hybridized carbons (Fsp3) is 0.531. The third-order valence-electron chi connectivity index (χ3n) is 8.06. The SMILES string of the molecule is COc1cc(C(=O)NC(C)(C)C)ccc1S(=O)(=O)N1C(=O)C2(CCC(OCC(=O)NCCCN(C)C)CC2)c2cc(Cl)ccc21. The number of benzene rings is 2. The molecule has 0 unspecified atom stereocenters. The van der Waals surface area contributed by atoms with Crippen LogP contribution in [0.5, 0.6) is 5.75 Å². The number of hydrogen-bond donors (Lipinski definition) is 2. The average Bonchev–Trinajstić information content (AvgIpc) is 3.20. The van der Waals surface area contributed by atoms with Gasteiger partial charge in [-0.2, -0.15) is 0 Å². The Hall–Kier alpha value is -3.19. The van der Waals surface area contributed by atoms with Gasteiger partial charge in [0.05, 0.1) is 24.3 Å². The molecule has 0 atom stereocenters. The molecule has 2 aromatic rings. The fourth-order valence-corrected chi connectivity index (χ4v) is 7.68. The first-order valence-corrected chi connectivity index (χ1v) is 16.8. The quantitative estimate of drug-likeness (QED) is 0.347. The molecular formula is C32H43ClN4O7S. The number of fused-ring (bicyclic) bond motifs is 2.